The molecule has 0 radical (unpaired) electrons. The molecule has 1 N–H and O–H groups in total. The summed E-state index contributed by atoms with van der Waals surface area (Å²) in [5.74, 6) is -0.337. The van der Waals surface area contributed by atoms with E-state index in [9.17, 15) is 17.6 Å². The first kappa shape index (κ1) is 18.5. The van der Waals surface area contributed by atoms with E-state index in [1.54, 1.807) is 43.0 Å². The van der Waals surface area contributed by atoms with E-state index < -0.39 is 16.1 Å². The van der Waals surface area contributed by atoms with Gasteiger partial charge in [-0.15, -0.1) is 0 Å². The molecule has 2 aromatic rings. The molecule has 0 spiro atoms. The summed E-state index contributed by atoms with van der Waals surface area (Å²) in [7, 11) is -3.73. The highest BCUT2D eigenvalue weighted by molar-refractivity contribution is 7.89. The zero-order valence-electron chi connectivity index (χ0n) is 14.7. The highest BCUT2D eigenvalue weighted by Gasteiger charge is 2.26. The smallest absolute Gasteiger partial charge is 0.241 e. The van der Waals surface area contributed by atoms with Crippen molar-refractivity contribution in [3.8, 4) is 0 Å². The second-order valence-electron chi connectivity index (χ2n) is 6.33. The van der Waals surface area contributed by atoms with Gasteiger partial charge in [0.25, 0.3) is 0 Å². The van der Waals surface area contributed by atoms with E-state index in [4.69, 9.17) is 0 Å². The van der Waals surface area contributed by atoms with Gasteiger partial charge in [-0.25, -0.2) is 17.5 Å². The molecule has 1 amide bonds. The first-order valence-corrected chi connectivity index (χ1v) is 10.0. The van der Waals surface area contributed by atoms with Crippen LogP contribution in [0.5, 0.6) is 0 Å². The van der Waals surface area contributed by atoms with Crippen LogP contribution in [0.15, 0.2) is 47.4 Å². The summed E-state index contributed by atoms with van der Waals surface area (Å²) in [5, 5.41) is 0. The molecule has 5 nitrogen and oxygen atoms in total. The Morgan fingerprint density at radius 1 is 1.23 bits per heavy atom. The van der Waals surface area contributed by atoms with Crippen LogP contribution in [0.3, 0.4) is 0 Å². The molecule has 138 valence electrons. The Hall–Kier alpha value is -2.25. The average molecular weight is 376 g/mol. The summed E-state index contributed by atoms with van der Waals surface area (Å²) in [6.45, 7) is 4.09. The van der Waals surface area contributed by atoms with Gasteiger partial charge in [-0.05, 0) is 54.8 Å². The number of nitrogens with one attached hydrogen (secondary N) is 1. The number of sulfonamides is 1. The molecule has 3 rings (SSSR count). The van der Waals surface area contributed by atoms with Gasteiger partial charge >= 0.3 is 0 Å². The summed E-state index contributed by atoms with van der Waals surface area (Å²) >= 11 is 0. The van der Waals surface area contributed by atoms with Gasteiger partial charge in [0.05, 0.1) is 4.90 Å². The summed E-state index contributed by atoms with van der Waals surface area (Å²) in [6, 6.07) is 10.0. The van der Waals surface area contributed by atoms with Crippen molar-refractivity contribution in [3.63, 3.8) is 0 Å². The third-order valence-electron chi connectivity index (χ3n) is 4.56. The van der Waals surface area contributed by atoms with Crippen molar-refractivity contribution >= 4 is 21.6 Å². The third-order valence-corrected chi connectivity index (χ3v) is 6.10. The minimum Gasteiger partial charge on any atom is -0.312 e. The van der Waals surface area contributed by atoms with Crippen molar-refractivity contribution in [2.75, 3.05) is 11.4 Å². The SMILES string of the molecule is CCC(=O)N1CCc2cc(S(=O)(=O)N[C@@H](C)c3ccc(F)cc3)ccc21. The number of amides is 1. The zero-order valence-corrected chi connectivity index (χ0v) is 15.5. The van der Waals surface area contributed by atoms with Crippen molar-refractivity contribution in [2.45, 2.75) is 37.6 Å². The zero-order chi connectivity index (χ0) is 18.9. The lowest BCUT2D eigenvalue weighted by molar-refractivity contribution is -0.118. The molecular weight excluding hydrogens is 355 g/mol. The van der Waals surface area contributed by atoms with Gasteiger partial charge < -0.3 is 4.90 Å². The van der Waals surface area contributed by atoms with Crippen molar-refractivity contribution in [1.82, 2.24) is 4.72 Å². The molecule has 1 aliphatic rings. The average Bonchev–Trinajstić information content (AvgIpc) is 3.04. The van der Waals surface area contributed by atoms with E-state index in [1.165, 1.54) is 18.2 Å². The largest absolute Gasteiger partial charge is 0.312 e. The van der Waals surface area contributed by atoms with Crippen LogP contribution in [0.2, 0.25) is 0 Å². The molecule has 26 heavy (non-hydrogen) atoms. The quantitative estimate of drug-likeness (QED) is 0.872. The summed E-state index contributed by atoms with van der Waals surface area (Å²) in [5.41, 5.74) is 2.31. The maximum Gasteiger partial charge on any atom is 0.241 e. The summed E-state index contributed by atoms with van der Waals surface area (Å²) < 4.78 is 41.0. The summed E-state index contributed by atoms with van der Waals surface area (Å²) in [4.78, 5) is 13.8. The fourth-order valence-electron chi connectivity index (χ4n) is 3.12. The van der Waals surface area contributed by atoms with E-state index >= 15 is 0 Å². The highest BCUT2D eigenvalue weighted by atomic mass is 32.2. The van der Waals surface area contributed by atoms with Crippen LogP contribution >= 0.6 is 0 Å². The van der Waals surface area contributed by atoms with Gasteiger partial charge in [0, 0.05) is 24.7 Å². The number of hydrogen-bond acceptors (Lipinski definition) is 3. The van der Waals surface area contributed by atoms with Gasteiger partial charge in [-0.2, -0.15) is 0 Å². The normalized spacial score (nSPS) is 15.0. The molecule has 0 aliphatic carbocycles. The van der Waals surface area contributed by atoms with Crippen LogP contribution in [-0.4, -0.2) is 20.9 Å². The molecule has 1 heterocycles. The Labute approximate surface area is 152 Å². The predicted octanol–water partition coefficient (Wildman–Crippen LogP) is 3.16. The van der Waals surface area contributed by atoms with E-state index in [-0.39, 0.29) is 16.6 Å². The molecule has 0 saturated heterocycles. The molecule has 0 saturated carbocycles. The fourth-order valence-corrected chi connectivity index (χ4v) is 4.40. The standard InChI is InChI=1S/C19H21FN2O3S/c1-3-19(23)22-11-10-15-12-17(8-9-18(15)22)26(24,25)21-13(2)14-4-6-16(20)7-5-14/h4-9,12-13,21H,3,10-11H2,1-2H3/t13-/m0/s1. The maximum atomic E-state index is 13.0. The Morgan fingerprint density at radius 3 is 2.58 bits per heavy atom. The number of carbonyl (C=O) groups is 1. The van der Waals surface area contributed by atoms with Crippen LogP contribution in [0.1, 0.15) is 37.4 Å². The van der Waals surface area contributed by atoms with Crippen LogP contribution in [0.4, 0.5) is 10.1 Å². The van der Waals surface area contributed by atoms with Crippen molar-refractivity contribution in [1.29, 1.82) is 0 Å². The van der Waals surface area contributed by atoms with Gasteiger partial charge in [0.2, 0.25) is 15.9 Å². The molecule has 1 atom stereocenters. The Kier molecular flexibility index (Phi) is 5.11. The van der Waals surface area contributed by atoms with Crippen LogP contribution < -0.4 is 9.62 Å². The topological polar surface area (TPSA) is 66.5 Å². The first-order chi connectivity index (χ1) is 12.3. The molecule has 0 fully saturated rings. The van der Waals surface area contributed by atoms with E-state index in [0.717, 1.165) is 11.3 Å². The minimum atomic E-state index is -3.73. The van der Waals surface area contributed by atoms with Crippen molar-refractivity contribution < 1.29 is 17.6 Å². The number of carbonyl (C=O) groups excluding carboxylic acids is 1. The number of nitrogens with zero attached hydrogens (tertiary/aromatic N) is 1. The molecule has 7 heteroatoms. The Morgan fingerprint density at radius 2 is 1.92 bits per heavy atom. The summed E-state index contributed by atoms with van der Waals surface area (Å²) in [6.07, 6.45) is 1.05. The highest BCUT2D eigenvalue weighted by Crippen LogP contribution is 2.31. The van der Waals surface area contributed by atoms with Crippen molar-refractivity contribution in [3.05, 3.63) is 59.4 Å². The van der Waals surface area contributed by atoms with Gasteiger partial charge in [0.1, 0.15) is 5.82 Å². The van der Waals surface area contributed by atoms with E-state index in [2.05, 4.69) is 4.72 Å². The predicted molar refractivity (Wildman–Crippen MR) is 97.9 cm³/mol. The molecular formula is C19H21FN2O3S. The van der Waals surface area contributed by atoms with Gasteiger partial charge in [0.15, 0.2) is 0 Å². The fraction of sp³-hybridized carbons (Fsp3) is 0.316. The Balaban J connectivity index is 1.82. The number of halogens is 1. The second kappa shape index (κ2) is 7.17. The third kappa shape index (κ3) is 3.64. The number of fused-ring (bicyclic) bond motifs is 1. The van der Waals surface area contributed by atoms with Crippen LogP contribution in [0.25, 0.3) is 0 Å². The van der Waals surface area contributed by atoms with Gasteiger partial charge in [-0.1, -0.05) is 19.1 Å². The minimum absolute atomic E-state index is 0.0300. The lowest BCUT2D eigenvalue weighted by Crippen LogP contribution is -2.28. The lowest BCUT2D eigenvalue weighted by atomic mass is 10.1. The number of rotatable bonds is 5. The second-order valence-corrected chi connectivity index (χ2v) is 8.05. The number of benzene rings is 2. The lowest BCUT2D eigenvalue weighted by Gasteiger charge is -2.17. The van der Waals surface area contributed by atoms with Gasteiger partial charge in [-0.3, -0.25) is 4.79 Å². The van der Waals surface area contributed by atoms with Crippen LogP contribution in [0, 0.1) is 5.82 Å². The van der Waals surface area contributed by atoms with E-state index in [1.807, 2.05) is 0 Å². The number of hydrogen-bond donors (Lipinski definition) is 1. The maximum absolute atomic E-state index is 13.0. The first-order valence-electron chi connectivity index (χ1n) is 8.53. The van der Waals surface area contributed by atoms with Crippen LogP contribution in [-0.2, 0) is 21.2 Å². The Bertz CT molecular complexity index is 926. The molecule has 0 bridgehead atoms. The molecule has 0 aromatic heterocycles. The monoisotopic (exact) mass is 376 g/mol. The van der Waals surface area contributed by atoms with Crippen molar-refractivity contribution in [2.24, 2.45) is 0 Å². The molecule has 0 unspecified atom stereocenters. The number of anilines is 1. The van der Waals surface area contributed by atoms with E-state index in [0.29, 0.717) is 24.9 Å². The molecule has 2 aromatic carbocycles. The molecule has 1 aliphatic heterocycles.